The maximum absolute atomic E-state index is 13.5. The largest absolute Gasteiger partial charge is 0.394 e. The molecule has 0 saturated heterocycles. The molecule has 0 unspecified atom stereocenters. The highest BCUT2D eigenvalue weighted by molar-refractivity contribution is 5.63. The van der Waals surface area contributed by atoms with Crippen molar-refractivity contribution in [3.05, 3.63) is 35.7 Å². The third kappa shape index (κ3) is 2.04. The van der Waals surface area contributed by atoms with Crippen LogP contribution < -0.4 is 5.73 Å². The van der Waals surface area contributed by atoms with Gasteiger partial charge in [0.2, 0.25) is 0 Å². The molecule has 3 N–H and O–H groups in total. The van der Waals surface area contributed by atoms with E-state index in [1.807, 2.05) is 0 Å². The summed E-state index contributed by atoms with van der Waals surface area (Å²) in [7, 11) is 0. The minimum absolute atomic E-state index is 0.0809. The van der Waals surface area contributed by atoms with Gasteiger partial charge in [0.1, 0.15) is 5.82 Å². The summed E-state index contributed by atoms with van der Waals surface area (Å²) in [6.45, 7) is -0.0529. The smallest absolute Gasteiger partial charge is 0.195 e. The molecule has 0 spiro atoms. The van der Waals surface area contributed by atoms with E-state index in [4.69, 9.17) is 10.8 Å². The second kappa shape index (κ2) is 4.69. The molecule has 96 valence electrons. The van der Waals surface area contributed by atoms with Crippen LogP contribution in [-0.4, -0.2) is 21.5 Å². The van der Waals surface area contributed by atoms with Gasteiger partial charge in [-0.2, -0.15) is 5.10 Å². The van der Waals surface area contributed by atoms with Gasteiger partial charge in [-0.1, -0.05) is 0 Å². The number of benzene rings is 1. The fraction of sp³-hybridized carbons (Fsp3) is 0.182. The topological polar surface area (TPSA) is 64.1 Å². The Bertz CT molecular complexity index is 583. The molecule has 0 saturated carbocycles. The molecule has 0 radical (unpaired) electrons. The number of nitrogen functional groups attached to an aromatic ring is 1. The molecule has 0 aliphatic heterocycles. The van der Waals surface area contributed by atoms with Crippen LogP contribution in [0.2, 0.25) is 0 Å². The van der Waals surface area contributed by atoms with Crippen LogP contribution in [0, 0.1) is 17.5 Å². The zero-order chi connectivity index (χ0) is 13.3. The average molecular weight is 257 g/mol. The van der Waals surface area contributed by atoms with Crippen LogP contribution in [0.1, 0.15) is 0 Å². The van der Waals surface area contributed by atoms with E-state index in [1.54, 1.807) is 0 Å². The lowest BCUT2D eigenvalue weighted by Gasteiger charge is -2.01. The number of nitrogens with zero attached hydrogens (tertiary/aromatic N) is 2. The average Bonchev–Trinajstić information content (AvgIpc) is 2.68. The van der Waals surface area contributed by atoms with Crippen molar-refractivity contribution < 1.29 is 18.3 Å². The molecule has 0 fully saturated rings. The number of hydrogen-bond donors (Lipinski definition) is 2. The Morgan fingerprint density at radius 1 is 1.22 bits per heavy atom. The first kappa shape index (κ1) is 12.4. The second-order valence-corrected chi connectivity index (χ2v) is 3.62. The first-order valence-corrected chi connectivity index (χ1v) is 5.12. The number of hydrogen-bond acceptors (Lipinski definition) is 3. The summed E-state index contributed by atoms with van der Waals surface area (Å²) in [6, 6.07) is 3.22. The van der Waals surface area contributed by atoms with Gasteiger partial charge in [0.25, 0.3) is 0 Å². The van der Waals surface area contributed by atoms with E-state index in [2.05, 4.69) is 5.10 Å². The van der Waals surface area contributed by atoms with Gasteiger partial charge in [0.05, 0.1) is 18.8 Å². The van der Waals surface area contributed by atoms with Crippen LogP contribution in [0.5, 0.6) is 0 Å². The Hall–Kier alpha value is -2.02. The molecule has 2 rings (SSSR count). The number of nitrogens with two attached hydrogens (primary N) is 1. The van der Waals surface area contributed by atoms with Gasteiger partial charge in [-0.15, -0.1) is 0 Å². The molecular formula is C11H10F3N3O. The van der Waals surface area contributed by atoms with Gasteiger partial charge >= 0.3 is 0 Å². The number of aliphatic hydroxyl groups is 1. The third-order valence-electron chi connectivity index (χ3n) is 2.43. The van der Waals surface area contributed by atoms with Gasteiger partial charge < -0.3 is 10.8 Å². The molecule has 0 amide bonds. The highest BCUT2D eigenvalue weighted by Gasteiger charge is 2.17. The molecule has 1 aromatic carbocycles. The molecule has 18 heavy (non-hydrogen) atoms. The summed E-state index contributed by atoms with van der Waals surface area (Å²) in [5, 5.41) is 12.7. The predicted molar refractivity (Wildman–Crippen MR) is 59.0 cm³/mol. The van der Waals surface area contributed by atoms with Crippen molar-refractivity contribution in [1.29, 1.82) is 0 Å². The van der Waals surface area contributed by atoms with Gasteiger partial charge in [-0.25, -0.2) is 17.9 Å². The van der Waals surface area contributed by atoms with Crippen molar-refractivity contribution in [2.75, 3.05) is 12.3 Å². The van der Waals surface area contributed by atoms with Crippen molar-refractivity contribution in [3.8, 4) is 11.3 Å². The number of aliphatic hydroxyl groups excluding tert-OH is 1. The zero-order valence-corrected chi connectivity index (χ0v) is 9.20. The molecule has 0 aliphatic carbocycles. The number of halogens is 3. The van der Waals surface area contributed by atoms with Crippen molar-refractivity contribution in [2.24, 2.45) is 0 Å². The molecule has 0 bridgehead atoms. The Morgan fingerprint density at radius 2 is 1.94 bits per heavy atom. The maximum atomic E-state index is 13.5. The van der Waals surface area contributed by atoms with Crippen LogP contribution in [0.25, 0.3) is 11.3 Å². The Labute approximate surface area is 100 Å². The van der Waals surface area contributed by atoms with Crippen molar-refractivity contribution >= 4 is 5.82 Å². The molecule has 4 nitrogen and oxygen atoms in total. The van der Waals surface area contributed by atoms with Crippen molar-refractivity contribution in [2.45, 2.75) is 6.54 Å². The number of rotatable bonds is 3. The van der Waals surface area contributed by atoms with Crippen molar-refractivity contribution in [1.82, 2.24) is 9.78 Å². The second-order valence-electron chi connectivity index (χ2n) is 3.62. The summed E-state index contributed by atoms with van der Waals surface area (Å²) in [6.07, 6.45) is 0. The molecule has 0 atom stereocenters. The SMILES string of the molecule is Nc1cc(-c2ccc(F)c(F)c2F)nn1CCO. The van der Waals surface area contributed by atoms with Gasteiger partial charge in [0.15, 0.2) is 17.5 Å². The number of aromatic nitrogens is 2. The summed E-state index contributed by atoms with van der Waals surface area (Å²) < 4.78 is 40.6. The van der Waals surface area contributed by atoms with Crippen LogP contribution >= 0.6 is 0 Å². The molecule has 1 heterocycles. The number of anilines is 1. The molecule has 0 aliphatic rings. The quantitative estimate of drug-likeness (QED) is 0.820. The van der Waals surface area contributed by atoms with Gasteiger partial charge in [-0.05, 0) is 12.1 Å². The van der Waals surface area contributed by atoms with Crippen LogP contribution in [0.4, 0.5) is 19.0 Å². The molecular weight excluding hydrogens is 247 g/mol. The first-order valence-electron chi connectivity index (χ1n) is 5.12. The lowest BCUT2D eigenvalue weighted by molar-refractivity contribution is 0.270. The fourth-order valence-corrected chi connectivity index (χ4v) is 1.56. The van der Waals surface area contributed by atoms with E-state index in [0.29, 0.717) is 0 Å². The van der Waals surface area contributed by atoms with E-state index in [9.17, 15) is 13.2 Å². The lowest BCUT2D eigenvalue weighted by atomic mass is 10.1. The van der Waals surface area contributed by atoms with E-state index in [0.717, 1.165) is 12.1 Å². The highest BCUT2D eigenvalue weighted by atomic mass is 19.2. The monoisotopic (exact) mass is 257 g/mol. The summed E-state index contributed by atoms with van der Waals surface area (Å²) in [5.74, 6) is -3.94. The van der Waals surface area contributed by atoms with Crippen LogP contribution in [0.3, 0.4) is 0 Å². The van der Waals surface area contributed by atoms with Gasteiger partial charge in [-0.3, -0.25) is 0 Å². The van der Waals surface area contributed by atoms with Crippen LogP contribution in [-0.2, 0) is 6.54 Å². The van der Waals surface area contributed by atoms with E-state index < -0.39 is 17.5 Å². The van der Waals surface area contributed by atoms with Gasteiger partial charge in [0, 0.05) is 11.6 Å². The highest BCUT2D eigenvalue weighted by Crippen LogP contribution is 2.26. The van der Waals surface area contributed by atoms with E-state index in [1.165, 1.54) is 10.7 Å². The summed E-state index contributed by atoms with van der Waals surface area (Å²) in [4.78, 5) is 0. The normalized spacial score (nSPS) is 10.9. The summed E-state index contributed by atoms with van der Waals surface area (Å²) >= 11 is 0. The molecule has 1 aromatic heterocycles. The third-order valence-corrected chi connectivity index (χ3v) is 2.43. The predicted octanol–water partition coefficient (Wildman–Crippen LogP) is 1.54. The molecule has 2 aromatic rings. The Kier molecular flexibility index (Phi) is 3.24. The molecule has 7 heteroatoms. The fourth-order valence-electron chi connectivity index (χ4n) is 1.56. The standard InChI is InChI=1S/C11H10F3N3O/c12-7-2-1-6(10(13)11(7)14)8-5-9(15)17(16-8)3-4-18/h1-2,5,18H,3-4,15H2. The van der Waals surface area contributed by atoms with E-state index in [-0.39, 0.29) is 30.2 Å². The Balaban J connectivity index is 2.49. The maximum Gasteiger partial charge on any atom is 0.195 e. The van der Waals surface area contributed by atoms with Crippen LogP contribution in [0.15, 0.2) is 18.2 Å². The first-order chi connectivity index (χ1) is 8.54. The minimum Gasteiger partial charge on any atom is -0.394 e. The summed E-state index contributed by atoms with van der Waals surface area (Å²) in [5.41, 5.74) is 5.48. The lowest BCUT2D eigenvalue weighted by Crippen LogP contribution is -2.07. The minimum atomic E-state index is -1.55. The Morgan fingerprint density at radius 3 is 2.61 bits per heavy atom. The van der Waals surface area contributed by atoms with Crippen molar-refractivity contribution in [3.63, 3.8) is 0 Å². The van der Waals surface area contributed by atoms with E-state index >= 15 is 0 Å². The zero-order valence-electron chi connectivity index (χ0n) is 9.20.